The van der Waals surface area contributed by atoms with Gasteiger partial charge in [-0.3, -0.25) is 0 Å². The lowest BCUT2D eigenvalue weighted by Crippen LogP contribution is -2.41. The summed E-state index contributed by atoms with van der Waals surface area (Å²) >= 11 is 0. The minimum absolute atomic E-state index is 0.298. The SMILES string of the molecule is Cc1cccc(-c2noc([C@H]3CCCCN3C(=O)Nc3cccc(F)c3)n2)c1. The molecule has 0 spiro atoms. The van der Waals surface area contributed by atoms with E-state index in [1.54, 1.807) is 17.0 Å². The molecule has 144 valence electrons. The topological polar surface area (TPSA) is 71.3 Å². The fourth-order valence-corrected chi connectivity index (χ4v) is 3.46. The van der Waals surface area contributed by atoms with Crippen LogP contribution >= 0.6 is 0 Å². The normalized spacial score (nSPS) is 16.8. The average molecular weight is 380 g/mol. The maximum absolute atomic E-state index is 13.4. The van der Waals surface area contributed by atoms with Gasteiger partial charge in [0.05, 0.1) is 0 Å². The number of rotatable bonds is 3. The molecule has 2 aromatic carbocycles. The van der Waals surface area contributed by atoms with Crippen LogP contribution in [0.1, 0.15) is 36.8 Å². The number of aromatic nitrogens is 2. The van der Waals surface area contributed by atoms with Crippen LogP contribution in [0.2, 0.25) is 0 Å². The van der Waals surface area contributed by atoms with Crippen molar-refractivity contribution in [2.75, 3.05) is 11.9 Å². The molecule has 0 unspecified atom stereocenters. The monoisotopic (exact) mass is 380 g/mol. The third kappa shape index (κ3) is 3.88. The van der Waals surface area contributed by atoms with Crippen molar-refractivity contribution < 1.29 is 13.7 Å². The van der Waals surface area contributed by atoms with Crippen LogP contribution in [0.4, 0.5) is 14.9 Å². The first-order valence-electron chi connectivity index (χ1n) is 9.34. The number of likely N-dealkylation sites (tertiary alicyclic amines) is 1. The minimum Gasteiger partial charge on any atom is -0.337 e. The summed E-state index contributed by atoms with van der Waals surface area (Å²) in [5.74, 6) is 0.535. The number of nitrogens with zero attached hydrogens (tertiary/aromatic N) is 3. The molecule has 7 heteroatoms. The molecule has 0 radical (unpaired) electrons. The molecule has 1 atom stereocenters. The van der Waals surface area contributed by atoms with E-state index < -0.39 is 5.82 Å². The van der Waals surface area contributed by atoms with E-state index in [1.807, 2.05) is 31.2 Å². The van der Waals surface area contributed by atoms with Crippen LogP contribution in [0.25, 0.3) is 11.4 Å². The Morgan fingerprint density at radius 2 is 2.07 bits per heavy atom. The lowest BCUT2D eigenvalue weighted by Gasteiger charge is -2.33. The van der Waals surface area contributed by atoms with E-state index in [2.05, 4.69) is 15.5 Å². The minimum atomic E-state index is -0.396. The summed E-state index contributed by atoms with van der Waals surface area (Å²) in [4.78, 5) is 19.0. The zero-order valence-corrected chi connectivity index (χ0v) is 15.6. The zero-order chi connectivity index (χ0) is 19.5. The lowest BCUT2D eigenvalue weighted by molar-refractivity contribution is 0.142. The molecule has 2 amide bonds. The van der Waals surface area contributed by atoms with Gasteiger partial charge in [0.15, 0.2) is 0 Å². The lowest BCUT2D eigenvalue weighted by atomic mass is 10.0. The van der Waals surface area contributed by atoms with Gasteiger partial charge in [-0.15, -0.1) is 0 Å². The number of benzene rings is 2. The second-order valence-electron chi connectivity index (χ2n) is 6.97. The molecule has 3 aromatic rings. The first kappa shape index (κ1) is 18.2. The average Bonchev–Trinajstić information content (AvgIpc) is 3.18. The van der Waals surface area contributed by atoms with Gasteiger partial charge < -0.3 is 14.7 Å². The number of amides is 2. The molecule has 4 rings (SSSR count). The van der Waals surface area contributed by atoms with Gasteiger partial charge in [0, 0.05) is 17.8 Å². The molecule has 0 saturated carbocycles. The Hall–Kier alpha value is -3.22. The highest BCUT2D eigenvalue weighted by Gasteiger charge is 2.32. The van der Waals surface area contributed by atoms with Crippen LogP contribution < -0.4 is 5.32 Å². The second-order valence-corrected chi connectivity index (χ2v) is 6.97. The fraction of sp³-hybridized carbons (Fsp3) is 0.286. The number of aryl methyl sites for hydroxylation is 1. The van der Waals surface area contributed by atoms with Crippen LogP contribution in [0, 0.1) is 12.7 Å². The van der Waals surface area contributed by atoms with Crippen LogP contribution in [-0.4, -0.2) is 27.6 Å². The summed E-state index contributed by atoms with van der Waals surface area (Å²) in [6, 6.07) is 13.1. The fourth-order valence-electron chi connectivity index (χ4n) is 3.46. The summed E-state index contributed by atoms with van der Waals surface area (Å²) in [5, 5.41) is 6.85. The summed E-state index contributed by atoms with van der Waals surface area (Å²) in [6.45, 7) is 2.58. The number of carbonyl (C=O) groups is 1. The number of hydrogen-bond donors (Lipinski definition) is 1. The highest BCUT2D eigenvalue weighted by Crippen LogP contribution is 2.31. The van der Waals surface area contributed by atoms with Gasteiger partial charge in [0.25, 0.3) is 0 Å². The van der Waals surface area contributed by atoms with Gasteiger partial charge in [0.2, 0.25) is 11.7 Å². The van der Waals surface area contributed by atoms with E-state index in [0.29, 0.717) is 23.9 Å². The van der Waals surface area contributed by atoms with Crippen molar-refractivity contribution in [2.45, 2.75) is 32.2 Å². The molecule has 1 N–H and O–H groups in total. The van der Waals surface area contributed by atoms with E-state index in [4.69, 9.17) is 4.52 Å². The number of halogens is 1. The van der Waals surface area contributed by atoms with Gasteiger partial charge in [0.1, 0.15) is 11.9 Å². The molecule has 28 heavy (non-hydrogen) atoms. The highest BCUT2D eigenvalue weighted by molar-refractivity contribution is 5.89. The Morgan fingerprint density at radius 3 is 2.89 bits per heavy atom. The van der Waals surface area contributed by atoms with Gasteiger partial charge in [-0.1, -0.05) is 35.0 Å². The van der Waals surface area contributed by atoms with Crippen molar-refractivity contribution in [1.29, 1.82) is 0 Å². The summed E-state index contributed by atoms with van der Waals surface area (Å²) < 4.78 is 18.9. The van der Waals surface area contributed by atoms with Crippen LogP contribution in [-0.2, 0) is 0 Å². The number of anilines is 1. The Kier molecular flexibility index (Phi) is 5.06. The first-order chi connectivity index (χ1) is 13.6. The number of carbonyl (C=O) groups excluding carboxylic acids is 1. The standard InChI is InChI=1S/C21H21FN4O2/c1-14-6-4-7-15(12-14)19-24-20(28-25-19)18-10-2-3-11-26(18)21(27)23-17-9-5-8-16(22)13-17/h4-9,12-13,18H,2-3,10-11H2,1H3,(H,23,27)/t18-/m1/s1. The first-order valence-corrected chi connectivity index (χ1v) is 9.34. The van der Waals surface area contributed by atoms with Gasteiger partial charge >= 0.3 is 6.03 Å². The molecule has 2 heterocycles. The van der Waals surface area contributed by atoms with E-state index in [-0.39, 0.29) is 12.1 Å². The third-order valence-electron chi connectivity index (χ3n) is 4.84. The number of urea groups is 1. The molecular formula is C21H21FN4O2. The summed E-state index contributed by atoms with van der Waals surface area (Å²) in [7, 11) is 0. The van der Waals surface area contributed by atoms with Crippen molar-refractivity contribution in [3.63, 3.8) is 0 Å². The van der Waals surface area contributed by atoms with Crippen molar-refractivity contribution in [2.24, 2.45) is 0 Å². The maximum Gasteiger partial charge on any atom is 0.322 e. The predicted octanol–water partition coefficient (Wildman–Crippen LogP) is 4.94. The molecule has 1 aromatic heterocycles. The third-order valence-corrected chi connectivity index (χ3v) is 4.84. The highest BCUT2D eigenvalue weighted by atomic mass is 19.1. The van der Waals surface area contributed by atoms with Crippen LogP contribution in [0.5, 0.6) is 0 Å². The van der Waals surface area contributed by atoms with Gasteiger partial charge in [-0.25, -0.2) is 9.18 Å². The van der Waals surface area contributed by atoms with Crippen molar-refractivity contribution in [3.05, 3.63) is 65.8 Å². The second kappa shape index (κ2) is 7.80. The molecule has 1 saturated heterocycles. The van der Waals surface area contributed by atoms with E-state index in [1.165, 1.54) is 12.1 Å². The number of piperidine rings is 1. The molecule has 0 aliphatic carbocycles. The Morgan fingerprint density at radius 1 is 1.21 bits per heavy atom. The quantitative estimate of drug-likeness (QED) is 0.698. The number of hydrogen-bond acceptors (Lipinski definition) is 4. The van der Waals surface area contributed by atoms with Crippen molar-refractivity contribution >= 4 is 11.7 Å². The summed E-state index contributed by atoms with van der Waals surface area (Å²) in [5.41, 5.74) is 2.40. The summed E-state index contributed by atoms with van der Waals surface area (Å²) in [6.07, 6.45) is 2.61. The largest absolute Gasteiger partial charge is 0.337 e. The Bertz CT molecular complexity index is 988. The van der Waals surface area contributed by atoms with Crippen LogP contribution in [0.15, 0.2) is 53.1 Å². The van der Waals surface area contributed by atoms with Crippen LogP contribution in [0.3, 0.4) is 0 Å². The Labute approximate surface area is 162 Å². The maximum atomic E-state index is 13.4. The van der Waals surface area contributed by atoms with E-state index in [9.17, 15) is 9.18 Å². The van der Waals surface area contributed by atoms with Gasteiger partial charge in [-0.2, -0.15) is 4.98 Å². The zero-order valence-electron chi connectivity index (χ0n) is 15.6. The molecule has 6 nitrogen and oxygen atoms in total. The predicted molar refractivity (Wildman–Crippen MR) is 103 cm³/mol. The van der Waals surface area contributed by atoms with E-state index >= 15 is 0 Å². The molecule has 1 aliphatic heterocycles. The van der Waals surface area contributed by atoms with Crippen molar-refractivity contribution in [3.8, 4) is 11.4 Å². The van der Waals surface area contributed by atoms with Gasteiger partial charge in [-0.05, 0) is 50.5 Å². The molecular weight excluding hydrogens is 359 g/mol. The van der Waals surface area contributed by atoms with Crippen molar-refractivity contribution in [1.82, 2.24) is 15.0 Å². The molecule has 0 bridgehead atoms. The Balaban J connectivity index is 1.55. The molecule has 1 fully saturated rings. The molecule has 1 aliphatic rings. The van der Waals surface area contributed by atoms with E-state index in [0.717, 1.165) is 30.4 Å². The number of nitrogens with one attached hydrogen (secondary N) is 1. The smallest absolute Gasteiger partial charge is 0.322 e.